The topological polar surface area (TPSA) is 72.2 Å². The lowest BCUT2D eigenvalue weighted by molar-refractivity contribution is -0.121. The van der Waals surface area contributed by atoms with E-state index in [1.165, 1.54) is 0 Å². The third-order valence-corrected chi connectivity index (χ3v) is 5.48. The minimum Gasteiger partial charge on any atom is -0.398 e. The fraction of sp³-hybridized carbons (Fsp3) is 0.500. The molecule has 1 saturated carbocycles. The summed E-state index contributed by atoms with van der Waals surface area (Å²) in [4.78, 5) is 12.6. The smallest absolute Gasteiger partial charge is 0.236 e. The summed E-state index contributed by atoms with van der Waals surface area (Å²) in [7, 11) is -1.47. The molecule has 20 heavy (non-hydrogen) atoms. The molecule has 3 N–H and O–H groups in total. The third kappa shape index (κ3) is 3.52. The maximum Gasteiger partial charge on any atom is 0.236 e. The summed E-state index contributed by atoms with van der Waals surface area (Å²) >= 11 is 5.82. The van der Waals surface area contributed by atoms with Gasteiger partial charge in [-0.15, -0.1) is 0 Å². The summed E-state index contributed by atoms with van der Waals surface area (Å²) in [6.45, 7) is 1.66. The first kappa shape index (κ1) is 15.3. The number of nitrogens with two attached hydrogens (primary N) is 1. The second kappa shape index (κ2) is 6.59. The molecule has 2 atom stereocenters. The lowest BCUT2D eigenvalue weighted by atomic mass is 10.2. The molecule has 2 rings (SSSR count). The van der Waals surface area contributed by atoms with Gasteiger partial charge in [-0.2, -0.15) is 0 Å². The number of nitrogens with one attached hydrogen (secondary N) is 1. The van der Waals surface area contributed by atoms with Crippen molar-refractivity contribution in [2.45, 2.75) is 48.8 Å². The van der Waals surface area contributed by atoms with Crippen LogP contribution < -0.4 is 11.1 Å². The van der Waals surface area contributed by atoms with E-state index < -0.39 is 16.0 Å². The molecule has 0 aliphatic heterocycles. The van der Waals surface area contributed by atoms with Crippen molar-refractivity contribution in [1.29, 1.82) is 0 Å². The Balaban J connectivity index is 2.05. The van der Waals surface area contributed by atoms with Gasteiger partial charge in [0.25, 0.3) is 0 Å². The normalized spacial score (nSPS) is 18.7. The molecule has 1 fully saturated rings. The van der Waals surface area contributed by atoms with Crippen molar-refractivity contribution in [3.8, 4) is 0 Å². The number of carbonyl (C=O) groups excluding carboxylic acids is 1. The summed E-state index contributed by atoms with van der Waals surface area (Å²) in [6, 6.07) is 5.03. The first-order valence-corrected chi connectivity index (χ1v) is 8.34. The number of halogens is 1. The fourth-order valence-corrected chi connectivity index (χ4v) is 3.70. The standard InChI is InChI=1S/C14H19ClN2O2S/c1-9(14(18)17-11-4-2-3-5-11)20(19)13-7-6-10(15)8-12(13)16/h6-9,11H,2-5,16H2,1H3,(H,17,18). The summed E-state index contributed by atoms with van der Waals surface area (Å²) in [6.07, 6.45) is 4.31. The van der Waals surface area contributed by atoms with Gasteiger partial charge in [-0.05, 0) is 38.0 Å². The molecule has 0 radical (unpaired) electrons. The molecule has 0 saturated heterocycles. The Hall–Kier alpha value is -1.07. The van der Waals surface area contributed by atoms with Gasteiger partial charge in [0.05, 0.1) is 15.7 Å². The summed E-state index contributed by atoms with van der Waals surface area (Å²) in [5.74, 6) is -0.176. The van der Waals surface area contributed by atoms with Crippen molar-refractivity contribution >= 4 is 34.0 Å². The zero-order valence-corrected chi connectivity index (χ0v) is 13.0. The van der Waals surface area contributed by atoms with Crippen LogP contribution in [0.15, 0.2) is 23.1 Å². The third-order valence-electron chi connectivity index (χ3n) is 3.58. The van der Waals surface area contributed by atoms with E-state index >= 15 is 0 Å². The predicted octanol–water partition coefficient (Wildman–Crippen LogP) is 2.48. The van der Waals surface area contributed by atoms with Gasteiger partial charge < -0.3 is 11.1 Å². The molecule has 1 aliphatic carbocycles. The SMILES string of the molecule is CC(C(=O)NC1CCCC1)S(=O)c1ccc(Cl)cc1N. The molecular weight excluding hydrogens is 296 g/mol. The second-order valence-corrected chi connectivity index (χ2v) is 7.29. The summed E-state index contributed by atoms with van der Waals surface area (Å²) in [5.41, 5.74) is 6.17. The van der Waals surface area contributed by atoms with E-state index in [1.54, 1.807) is 25.1 Å². The number of rotatable bonds is 4. The van der Waals surface area contributed by atoms with Gasteiger partial charge in [0.2, 0.25) is 5.91 Å². The van der Waals surface area contributed by atoms with Crippen molar-refractivity contribution in [2.75, 3.05) is 5.73 Å². The molecule has 4 nitrogen and oxygen atoms in total. The molecule has 1 aromatic carbocycles. The van der Waals surface area contributed by atoms with Crippen molar-refractivity contribution in [1.82, 2.24) is 5.32 Å². The van der Waals surface area contributed by atoms with Crippen LogP contribution in [0.2, 0.25) is 5.02 Å². The van der Waals surface area contributed by atoms with Gasteiger partial charge in [-0.3, -0.25) is 9.00 Å². The molecule has 0 bridgehead atoms. The number of anilines is 1. The molecule has 0 aromatic heterocycles. The summed E-state index contributed by atoms with van der Waals surface area (Å²) < 4.78 is 12.4. The fourth-order valence-electron chi connectivity index (χ4n) is 2.38. The molecule has 1 aromatic rings. The number of carbonyl (C=O) groups is 1. The largest absolute Gasteiger partial charge is 0.398 e. The molecular formula is C14H19ClN2O2S. The summed E-state index contributed by atoms with van der Waals surface area (Å²) in [5, 5.41) is 2.83. The number of hydrogen-bond donors (Lipinski definition) is 2. The van der Waals surface area contributed by atoms with Crippen LogP contribution in [0.4, 0.5) is 5.69 Å². The number of amides is 1. The lowest BCUT2D eigenvalue weighted by Crippen LogP contribution is -2.40. The number of nitrogen functional groups attached to an aromatic ring is 1. The van der Waals surface area contributed by atoms with E-state index in [2.05, 4.69) is 5.32 Å². The highest BCUT2D eigenvalue weighted by Gasteiger charge is 2.26. The van der Waals surface area contributed by atoms with Gasteiger partial charge in [-0.1, -0.05) is 24.4 Å². The van der Waals surface area contributed by atoms with E-state index in [0.717, 1.165) is 25.7 Å². The van der Waals surface area contributed by atoms with Crippen LogP contribution in [-0.4, -0.2) is 21.4 Å². The van der Waals surface area contributed by atoms with E-state index in [0.29, 0.717) is 15.6 Å². The Morgan fingerprint density at radius 1 is 1.45 bits per heavy atom. The Morgan fingerprint density at radius 2 is 2.10 bits per heavy atom. The molecule has 2 unspecified atom stereocenters. The predicted molar refractivity (Wildman–Crippen MR) is 82.1 cm³/mol. The average Bonchev–Trinajstić information content (AvgIpc) is 2.90. The van der Waals surface area contributed by atoms with E-state index in [4.69, 9.17) is 17.3 Å². The Labute approximate surface area is 126 Å². The highest BCUT2D eigenvalue weighted by atomic mass is 35.5. The van der Waals surface area contributed by atoms with Crippen LogP contribution in [0, 0.1) is 0 Å². The quantitative estimate of drug-likeness (QED) is 0.839. The van der Waals surface area contributed by atoms with Crippen LogP contribution in [0.3, 0.4) is 0 Å². The van der Waals surface area contributed by atoms with Crippen LogP contribution in [0.5, 0.6) is 0 Å². The van der Waals surface area contributed by atoms with Gasteiger partial charge >= 0.3 is 0 Å². The van der Waals surface area contributed by atoms with Crippen molar-refractivity contribution in [2.24, 2.45) is 0 Å². The molecule has 0 spiro atoms. The molecule has 1 aliphatic rings. The van der Waals surface area contributed by atoms with Gasteiger partial charge in [0.15, 0.2) is 0 Å². The lowest BCUT2D eigenvalue weighted by Gasteiger charge is -2.17. The Kier molecular flexibility index (Phi) is 5.05. The van der Waals surface area contributed by atoms with E-state index in [9.17, 15) is 9.00 Å². The number of hydrogen-bond acceptors (Lipinski definition) is 3. The van der Waals surface area contributed by atoms with Crippen molar-refractivity contribution in [3.63, 3.8) is 0 Å². The van der Waals surface area contributed by atoms with Gasteiger partial charge in [0.1, 0.15) is 5.25 Å². The number of benzene rings is 1. The minimum atomic E-state index is -1.47. The molecule has 0 heterocycles. The van der Waals surface area contributed by atoms with Crippen LogP contribution in [-0.2, 0) is 15.6 Å². The average molecular weight is 315 g/mol. The van der Waals surface area contributed by atoms with Gasteiger partial charge in [0, 0.05) is 16.8 Å². The highest BCUT2D eigenvalue weighted by Crippen LogP contribution is 2.24. The molecule has 1 amide bonds. The van der Waals surface area contributed by atoms with E-state index in [-0.39, 0.29) is 11.9 Å². The monoisotopic (exact) mass is 314 g/mol. The van der Waals surface area contributed by atoms with Crippen molar-refractivity contribution in [3.05, 3.63) is 23.2 Å². The van der Waals surface area contributed by atoms with Gasteiger partial charge in [-0.25, -0.2) is 0 Å². The maximum atomic E-state index is 12.4. The molecule has 110 valence electrons. The van der Waals surface area contributed by atoms with Crippen LogP contribution in [0.25, 0.3) is 0 Å². The van der Waals surface area contributed by atoms with Crippen molar-refractivity contribution < 1.29 is 9.00 Å². The Morgan fingerprint density at radius 3 is 2.70 bits per heavy atom. The molecule has 6 heteroatoms. The van der Waals surface area contributed by atoms with Crippen LogP contribution in [0.1, 0.15) is 32.6 Å². The highest BCUT2D eigenvalue weighted by molar-refractivity contribution is 7.86. The minimum absolute atomic E-state index is 0.176. The zero-order valence-electron chi connectivity index (χ0n) is 11.4. The zero-order chi connectivity index (χ0) is 14.7. The first-order valence-electron chi connectivity index (χ1n) is 6.75. The second-order valence-electron chi connectivity index (χ2n) is 5.11. The maximum absolute atomic E-state index is 12.4. The van der Waals surface area contributed by atoms with Crippen LogP contribution >= 0.6 is 11.6 Å². The first-order chi connectivity index (χ1) is 9.49. The van der Waals surface area contributed by atoms with E-state index in [1.807, 2.05) is 0 Å². The Bertz CT molecular complexity index is 530.